The van der Waals surface area contributed by atoms with E-state index >= 15 is 0 Å². The Hall–Kier alpha value is -1.29. The molecule has 0 aliphatic carbocycles. The van der Waals surface area contributed by atoms with Crippen molar-refractivity contribution in [1.29, 1.82) is 0 Å². The normalized spacial score (nSPS) is 34.4. The highest BCUT2D eigenvalue weighted by Gasteiger charge is 2.44. The van der Waals surface area contributed by atoms with Crippen molar-refractivity contribution < 1.29 is 75.5 Å². The third kappa shape index (κ3) is 15.1. The number of hydrogen-bond acceptors (Lipinski definition) is 15. The van der Waals surface area contributed by atoms with Crippen molar-refractivity contribution in [2.24, 2.45) is 0 Å². The van der Waals surface area contributed by atoms with Gasteiger partial charge in [-0.2, -0.15) is 0 Å². The van der Waals surface area contributed by atoms with Crippen LogP contribution in [0.5, 0.6) is 0 Å². The van der Waals surface area contributed by atoms with Gasteiger partial charge in [-0.3, -0.25) is 0 Å². The zero-order valence-electron chi connectivity index (χ0n) is 28.2. The van der Waals surface area contributed by atoms with Crippen molar-refractivity contribution in [2.75, 3.05) is 19.8 Å². The summed E-state index contributed by atoms with van der Waals surface area (Å²) >= 11 is 4.59. The van der Waals surface area contributed by atoms with Crippen LogP contribution in [0.15, 0.2) is 48.5 Å². The summed E-state index contributed by atoms with van der Waals surface area (Å²) in [6.07, 6.45) is -14.0. The second kappa shape index (κ2) is 26.7. The molecule has 0 bridgehead atoms. The summed E-state index contributed by atoms with van der Waals surface area (Å²) in [5.41, 5.74) is 1.08. The number of benzene rings is 2. The Bertz CT molecular complexity index is 1490. The minimum absolute atomic E-state index is 0. The highest BCUT2D eigenvalue weighted by molar-refractivity contribution is 14.1. The summed E-state index contributed by atoms with van der Waals surface area (Å²) in [6.45, 7) is -1.53. The molecule has 3 aliphatic rings. The van der Waals surface area contributed by atoms with Crippen LogP contribution in [0.4, 0.5) is 0 Å². The molecule has 0 aromatic heterocycles. The molecule has 5 rings (SSSR count). The maximum atomic E-state index is 10.0. The van der Waals surface area contributed by atoms with Crippen molar-refractivity contribution in [1.82, 2.24) is 0 Å². The summed E-state index contributed by atoms with van der Waals surface area (Å²) in [4.78, 5) is 0. The molecular formula is C38H51I3O15. The van der Waals surface area contributed by atoms with E-state index in [1.54, 1.807) is 24.3 Å². The molecule has 0 radical (unpaired) electrons. The predicted octanol–water partition coefficient (Wildman–Crippen LogP) is -1.68. The molecule has 15 atom stereocenters. The minimum Gasteiger partial charge on any atom is -0.394 e. The Morgan fingerprint density at radius 2 is 0.732 bits per heavy atom. The molecule has 18 heteroatoms. The molecule has 3 aliphatic heterocycles. The van der Waals surface area contributed by atoms with Crippen LogP contribution in [0.2, 0.25) is 0 Å². The monoisotopic (exact) mass is 1130 g/mol. The first-order chi connectivity index (χ1) is 25.2. The molecule has 2 aromatic carbocycles. The lowest BCUT2D eigenvalue weighted by molar-refractivity contribution is -0.214. The van der Waals surface area contributed by atoms with Crippen LogP contribution in [-0.4, -0.2) is 173 Å². The molecule has 2 aromatic rings. The Kier molecular flexibility index (Phi) is 26.1. The van der Waals surface area contributed by atoms with E-state index in [2.05, 4.69) is 99.0 Å². The van der Waals surface area contributed by atoms with E-state index < -0.39 is 111 Å². The Balaban J connectivity index is 0.00000104. The second-order valence-electron chi connectivity index (χ2n) is 12.0. The maximum Gasteiger partial charge on any atom is 0.147 e. The molecule has 3 saturated heterocycles. The molecule has 15 nitrogen and oxygen atoms in total. The summed E-state index contributed by atoms with van der Waals surface area (Å²) in [6, 6.07) is 14.9. The van der Waals surface area contributed by atoms with Gasteiger partial charge in [0.1, 0.15) is 91.6 Å². The molecule has 56 heavy (non-hydrogen) atoms. The number of hydrogen-bond donors (Lipinski definition) is 12. The molecule has 0 unspecified atom stereocenters. The average Bonchev–Trinajstić information content (AvgIpc) is 3.17. The van der Waals surface area contributed by atoms with E-state index in [9.17, 15) is 56.2 Å². The highest BCUT2D eigenvalue weighted by Crippen LogP contribution is 2.23. The first-order valence-electron chi connectivity index (χ1n) is 16.1. The van der Waals surface area contributed by atoms with Gasteiger partial charge in [-0.15, -0.1) is 30.4 Å². The SMILES string of the molecule is C.C.C#C[C@H]1O[C@H](CO)[C@@H](O)[C@H](O)[C@@H]1O.I.Ic1ccc(I)cc1.OC[C@H]1O[C@H](C#Cc2ccc(C#C[C@H]3O[C@H](CO)[C@@H](O)[C@H](O)[C@@H]3O)cc2)[C@@H](O)[C@@H](O)[C@@H]1O. The second-order valence-corrected chi connectivity index (χ2v) is 14.5. The lowest BCUT2D eigenvalue weighted by atomic mass is 9.95. The van der Waals surface area contributed by atoms with E-state index in [1.807, 2.05) is 0 Å². The third-order valence-electron chi connectivity index (χ3n) is 8.25. The molecular weight excluding hydrogens is 1080 g/mol. The standard InChI is InChI=1S/C22H26O10.C8H12O5.C6H4I2.2CH4.HI/c23-9-15-19(27)21(29)17(25)13(31-15)7-5-11-1-2-12(4-3-11)6-8-14-18(26)22(30)20(28)16(10-24)32-14;1-2-4-6(10)8(12)7(11)5(3-9)13-4;7-5-1-2-6(8)4-3-5;;;/h1-4,13-30H,9-10H2;1,4-12H,3H2;1-4H;2*1H4;1H/t13-,14-,15-,16-,17-,18-,19-,20-,21-,22-;4-,5-,6-,7-,8-;;;;/m11..../s1. The van der Waals surface area contributed by atoms with Gasteiger partial charge >= 0.3 is 0 Å². The van der Waals surface area contributed by atoms with Crippen molar-refractivity contribution in [3.05, 3.63) is 66.8 Å². The third-order valence-corrected chi connectivity index (χ3v) is 9.69. The van der Waals surface area contributed by atoms with Crippen molar-refractivity contribution in [3.63, 3.8) is 0 Å². The minimum atomic E-state index is -1.50. The van der Waals surface area contributed by atoms with Crippen molar-refractivity contribution in [3.8, 4) is 36.0 Å². The molecule has 3 fully saturated rings. The van der Waals surface area contributed by atoms with Crippen LogP contribution in [0.25, 0.3) is 0 Å². The fourth-order valence-corrected chi connectivity index (χ4v) is 5.78. The fraction of sp³-hybridized carbons (Fsp3) is 0.526. The van der Waals surface area contributed by atoms with Gasteiger partial charge in [0, 0.05) is 18.3 Å². The van der Waals surface area contributed by atoms with E-state index in [1.165, 1.54) is 7.14 Å². The smallest absolute Gasteiger partial charge is 0.147 e. The first kappa shape index (κ1) is 54.7. The highest BCUT2D eigenvalue weighted by atomic mass is 127. The van der Waals surface area contributed by atoms with Gasteiger partial charge < -0.3 is 75.5 Å². The van der Waals surface area contributed by atoms with Gasteiger partial charge in [-0.1, -0.05) is 44.5 Å². The summed E-state index contributed by atoms with van der Waals surface area (Å²) < 4.78 is 18.2. The van der Waals surface area contributed by atoms with Crippen LogP contribution in [0.3, 0.4) is 0 Å². The van der Waals surface area contributed by atoms with E-state index in [4.69, 9.17) is 25.7 Å². The number of terminal acetylenes is 1. The molecule has 0 saturated carbocycles. The van der Waals surface area contributed by atoms with E-state index in [0.29, 0.717) is 11.1 Å². The fourth-order valence-electron chi connectivity index (χ4n) is 5.06. The van der Waals surface area contributed by atoms with Gasteiger partial charge in [0.05, 0.1) is 19.8 Å². The lowest BCUT2D eigenvalue weighted by Gasteiger charge is -2.37. The quantitative estimate of drug-likeness (QED) is 0.121. The van der Waals surface area contributed by atoms with Gasteiger partial charge in [-0.05, 0) is 93.7 Å². The number of halogens is 3. The molecule has 0 amide bonds. The number of ether oxygens (including phenoxy) is 3. The summed E-state index contributed by atoms with van der Waals surface area (Å²) in [5, 5.41) is 114. The molecule has 314 valence electrons. The largest absolute Gasteiger partial charge is 0.394 e. The number of aliphatic hydroxyl groups is 12. The first-order valence-corrected chi connectivity index (χ1v) is 18.2. The number of rotatable bonds is 3. The number of aliphatic hydroxyl groups excluding tert-OH is 12. The topological polar surface area (TPSA) is 270 Å². The van der Waals surface area contributed by atoms with Gasteiger partial charge in [0.15, 0.2) is 0 Å². The van der Waals surface area contributed by atoms with Crippen LogP contribution in [-0.2, 0) is 14.2 Å². The van der Waals surface area contributed by atoms with Gasteiger partial charge in [0.2, 0.25) is 0 Å². The zero-order chi connectivity index (χ0) is 39.4. The lowest BCUT2D eigenvalue weighted by Crippen LogP contribution is -2.58. The predicted molar refractivity (Wildman–Crippen MR) is 231 cm³/mol. The van der Waals surface area contributed by atoms with E-state index in [0.717, 1.165) is 0 Å². The van der Waals surface area contributed by atoms with Crippen LogP contribution in [0.1, 0.15) is 26.0 Å². The zero-order valence-corrected chi connectivity index (χ0v) is 34.9. The van der Waals surface area contributed by atoms with Crippen molar-refractivity contribution in [2.45, 2.75) is 106 Å². The summed E-state index contributed by atoms with van der Waals surface area (Å²) in [7, 11) is 0. The van der Waals surface area contributed by atoms with Crippen molar-refractivity contribution >= 4 is 69.2 Å². The summed E-state index contributed by atoms with van der Waals surface area (Å²) in [5.74, 6) is 13.0. The van der Waals surface area contributed by atoms with Crippen LogP contribution < -0.4 is 0 Å². The molecule has 0 spiro atoms. The van der Waals surface area contributed by atoms with E-state index in [-0.39, 0.29) is 38.8 Å². The van der Waals surface area contributed by atoms with Gasteiger partial charge in [0.25, 0.3) is 0 Å². The average molecular weight is 1130 g/mol. The van der Waals surface area contributed by atoms with Crippen LogP contribution >= 0.6 is 69.2 Å². The maximum absolute atomic E-state index is 10.0. The Morgan fingerprint density at radius 3 is 1.00 bits per heavy atom. The van der Waals surface area contributed by atoms with Crippen LogP contribution in [0, 0.1) is 43.2 Å². The Morgan fingerprint density at radius 1 is 0.464 bits per heavy atom. The molecule has 12 N–H and O–H groups in total. The van der Waals surface area contributed by atoms with Gasteiger partial charge in [-0.25, -0.2) is 0 Å². The molecule has 3 heterocycles. The Labute approximate surface area is 371 Å².